The zero-order chi connectivity index (χ0) is 18.1. The zero-order valence-electron chi connectivity index (χ0n) is 14.0. The van der Waals surface area contributed by atoms with Gasteiger partial charge in [0.25, 0.3) is 5.91 Å². The highest BCUT2D eigenvalue weighted by Crippen LogP contribution is 2.32. The van der Waals surface area contributed by atoms with E-state index in [0.717, 1.165) is 32.0 Å². The molecule has 4 nitrogen and oxygen atoms in total. The van der Waals surface area contributed by atoms with Crippen LogP contribution in [0.1, 0.15) is 20.9 Å². The molecular weight excluding hydrogens is 366 g/mol. The fourth-order valence-electron chi connectivity index (χ4n) is 2.79. The van der Waals surface area contributed by atoms with Gasteiger partial charge < -0.3 is 10.3 Å². The van der Waals surface area contributed by atoms with Crippen LogP contribution in [0.25, 0.3) is 21.5 Å². The van der Waals surface area contributed by atoms with Crippen molar-refractivity contribution in [3.8, 4) is 10.6 Å². The Morgan fingerprint density at radius 1 is 1.23 bits per heavy atom. The number of fused-ring (bicyclic) bond motifs is 1. The quantitative estimate of drug-likeness (QED) is 0.511. The molecule has 0 aliphatic heterocycles. The van der Waals surface area contributed by atoms with E-state index in [-0.39, 0.29) is 5.91 Å². The monoisotopic (exact) mass is 381 g/mol. The highest BCUT2D eigenvalue weighted by Gasteiger charge is 2.13. The van der Waals surface area contributed by atoms with Crippen LogP contribution in [0.4, 0.5) is 0 Å². The molecule has 0 bridgehead atoms. The van der Waals surface area contributed by atoms with Crippen LogP contribution in [0.5, 0.6) is 0 Å². The standard InChI is InChI=1S/C20H16ClN3OS/c1-12-18(26-20(24-12)15-4-2-3-5-16(15)21)11-23-19(25)14-7-6-13-8-9-22-17(13)10-14/h2-10,22H,11H2,1H3,(H,23,25). The number of H-pyrrole nitrogens is 1. The van der Waals surface area contributed by atoms with Crippen LogP contribution in [0.2, 0.25) is 5.02 Å². The molecule has 4 rings (SSSR count). The highest BCUT2D eigenvalue weighted by molar-refractivity contribution is 7.15. The van der Waals surface area contributed by atoms with E-state index in [9.17, 15) is 4.79 Å². The van der Waals surface area contributed by atoms with Gasteiger partial charge in [-0.1, -0.05) is 35.9 Å². The SMILES string of the molecule is Cc1nc(-c2ccccc2Cl)sc1CNC(=O)c1ccc2cc[nH]c2c1. The van der Waals surface area contributed by atoms with Crippen LogP contribution in [-0.4, -0.2) is 15.9 Å². The molecule has 1 amide bonds. The summed E-state index contributed by atoms with van der Waals surface area (Å²) in [5.41, 5.74) is 3.41. The fourth-order valence-corrected chi connectivity index (χ4v) is 4.12. The molecule has 0 spiro atoms. The third kappa shape index (κ3) is 3.23. The van der Waals surface area contributed by atoms with Crippen molar-refractivity contribution in [2.45, 2.75) is 13.5 Å². The fraction of sp³-hybridized carbons (Fsp3) is 0.100. The van der Waals surface area contributed by atoms with Gasteiger partial charge in [0.05, 0.1) is 17.3 Å². The van der Waals surface area contributed by atoms with Gasteiger partial charge in [0, 0.05) is 27.7 Å². The van der Waals surface area contributed by atoms with Crippen LogP contribution >= 0.6 is 22.9 Å². The molecule has 0 atom stereocenters. The number of hydrogen-bond acceptors (Lipinski definition) is 3. The maximum atomic E-state index is 12.5. The first-order valence-electron chi connectivity index (χ1n) is 8.18. The van der Waals surface area contributed by atoms with Crippen LogP contribution in [-0.2, 0) is 6.54 Å². The molecule has 0 radical (unpaired) electrons. The van der Waals surface area contributed by atoms with Crippen LogP contribution in [0.15, 0.2) is 54.7 Å². The average Bonchev–Trinajstić information content (AvgIpc) is 3.25. The Morgan fingerprint density at radius 3 is 2.92 bits per heavy atom. The molecule has 0 unspecified atom stereocenters. The highest BCUT2D eigenvalue weighted by atomic mass is 35.5. The largest absolute Gasteiger partial charge is 0.361 e. The lowest BCUT2D eigenvalue weighted by atomic mass is 10.1. The minimum Gasteiger partial charge on any atom is -0.361 e. The van der Waals surface area contributed by atoms with Crippen LogP contribution in [0, 0.1) is 6.92 Å². The van der Waals surface area contributed by atoms with Crippen molar-refractivity contribution >= 4 is 39.7 Å². The number of rotatable bonds is 4. The number of carbonyl (C=O) groups is 1. The Morgan fingerprint density at radius 2 is 2.08 bits per heavy atom. The summed E-state index contributed by atoms with van der Waals surface area (Å²) in [4.78, 5) is 21.2. The van der Waals surface area contributed by atoms with E-state index in [1.165, 1.54) is 0 Å². The lowest BCUT2D eigenvalue weighted by Gasteiger charge is -2.04. The minimum absolute atomic E-state index is 0.103. The molecule has 0 aliphatic rings. The lowest BCUT2D eigenvalue weighted by Crippen LogP contribution is -2.22. The number of halogens is 1. The second-order valence-electron chi connectivity index (χ2n) is 5.97. The Bertz CT molecular complexity index is 1100. The molecule has 2 N–H and O–H groups in total. The van der Waals surface area contributed by atoms with Gasteiger partial charge in [0.1, 0.15) is 5.01 Å². The number of benzene rings is 2. The number of hydrogen-bond donors (Lipinski definition) is 2. The van der Waals surface area contributed by atoms with E-state index < -0.39 is 0 Å². The molecule has 2 heterocycles. The molecular formula is C20H16ClN3OS. The van der Waals surface area contributed by atoms with Gasteiger partial charge >= 0.3 is 0 Å². The summed E-state index contributed by atoms with van der Waals surface area (Å²) in [5.74, 6) is -0.103. The average molecular weight is 382 g/mol. The Balaban J connectivity index is 1.51. The molecule has 130 valence electrons. The maximum Gasteiger partial charge on any atom is 0.251 e. The molecule has 2 aromatic heterocycles. The van der Waals surface area contributed by atoms with Crippen molar-refractivity contribution in [1.82, 2.24) is 15.3 Å². The van der Waals surface area contributed by atoms with Gasteiger partial charge in [-0.25, -0.2) is 4.98 Å². The molecule has 0 saturated carbocycles. The van der Waals surface area contributed by atoms with Gasteiger partial charge in [-0.3, -0.25) is 4.79 Å². The van der Waals surface area contributed by atoms with E-state index in [1.54, 1.807) is 11.3 Å². The van der Waals surface area contributed by atoms with E-state index in [4.69, 9.17) is 11.6 Å². The third-order valence-electron chi connectivity index (χ3n) is 4.22. The van der Waals surface area contributed by atoms with E-state index >= 15 is 0 Å². The summed E-state index contributed by atoms with van der Waals surface area (Å²) in [6.07, 6.45) is 1.86. The first kappa shape index (κ1) is 16.8. The van der Waals surface area contributed by atoms with Gasteiger partial charge in [0.2, 0.25) is 0 Å². The van der Waals surface area contributed by atoms with Crippen molar-refractivity contribution in [2.75, 3.05) is 0 Å². The van der Waals surface area contributed by atoms with Crippen molar-refractivity contribution in [3.63, 3.8) is 0 Å². The number of carbonyl (C=O) groups excluding carboxylic acids is 1. The topological polar surface area (TPSA) is 57.8 Å². The Hall–Kier alpha value is -2.63. The second kappa shape index (κ2) is 6.94. The number of nitrogens with one attached hydrogen (secondary N) is 2. The van der Waals surface area contributed by atoms with Gasteiger partial charge in [-0.15, -0.1) is 11.3 Å². The number of thiazole rings is 1. The van der Waals surface area contributed by atoms with Crippen LogP contribution in [0.3, 0.4) is 0 Å². The first-order chi connectivity index (χ1) is 12.6. The van der Waals surface area contributed by atoms with E-state index in [2.05, 4.69) is 15.3 Å². The summed E-state index contributed by atoms with van der Waals surface area (Å²) >= 11 is 7.81. The first-order valence-corrected chi connectivity index (χ1v) is 9.38. The summed E-state index contributed by atoms with van der Waals surface area (Å²) < 4.78 is 0. The van der Waals surface area contributed by atoms with Crippen molar-refractivity contribution in [3.05, 3.63) is 75.9 Å². The van der Waals surface area contributed by atoms with Crippen molar-refractivity contribution < 1.29 is 4.79 Å². The lowest BCUT2D eigenvalue weighted by molar-refractivity contribution is 0.0951. The second-order valence-corrected chi connectivity index (χ2v) is 7.46. The minimum atomic E-state index is -0.103. The van der Waals surface area contributed by atoms with Gasteiger partial charge in [-0.2, -0.15) is 0 Å². The summed E-state index contributed by atoms with van der Waals surface area (Å²) in [7, 11) is 0. The normalized spacial score (nSPS) is 11.0. The van der Waals surface area contributed by atoms with Crippen molar-refractivity contribution in [1.29, 1.82) is 0 Å². The predicted molar refractivity (Wildman–Crippen MR) is 107 cm³/mol. The molecule has 6 heteroatoms. The number of aryl methyl sites for hydroxylation is 1. The van der Waals surface area contributed by atoms with E-state index in [1.807, 2.05) is 61.7 Å². The number of aromatic amines is 1. The van der Waals surface area contributed by atoms with Crippen LogP contribution < -0.4 is 5.32 Å². The van der Waals surface area contributed by atoms with Gasteiger partial charge in [0.15, 0.2) is 0 Å². The molecule has 0 fully saturated rings. The molecule has 26 heavy (non-hydrogen) atoms. The third-order valence-corrected chi connectivity index (χ3v) is 5.74. The van der Waals surface area contributed by atoms with Crippen molar-refractivity contribution in [2.24, 2.45) is 0 Å². The summed E-state index contributed by atoms with van der Waals surface area (Å²) in [6.45, 7) is 2.39. The predicted octanol–water partition coefficient (Wildman–Crippen LogP) is 5.18. The molecule has 4 aromatic rings. The Labute approximate surface area is 159 Å². The smallest absolute Gasteiger partial charge is 0.251 e. The summed E-state index contributed by atoms with van der Waals surface area (Å²) in [5, 5.41) is 5.61. The molecule has 2 aromatic carbocycles. The van der Waals surface area contributed by atoms with Gasteiger partial charge in [-0.05, 0) is 36.6 Å². The summed E-state index contributed by atoms with van der Waals surface area (Å²) in [6, 6.07) is 15.3. The Kier molecular flexibility index (Phi) is 4.49. The number of nitrogens with zero attached hydrogens (tertiary/aromatic N) is 1. The molecule has 0 saturated heterocycles. The number of amides is 1. The number of aromatic nitrogens is 2. The van der Waals surface area contributed by atoms with E-state index in [0.29, 0.717) is 17.1 Å². The maximum absolute atomic E-state index is 12.5. The zero-order valence-corrected chi connectivity index (χ0v) is 15.6. The molecule has 0 aliphatic carbocycles.